The molecule has 2 aliphatic rings. The number of ether oxygens (including phenoxy) is 2. The molecule has 2 heterocycles. The second-order valence-corrected chi connectivity index (χ2v) is 4.80. The van der Waals surface area contributed by atoms with E-state index in [1.165, 1.54) is 12.8 Å². The Morgan fingerprint density at radius 2 is 1.89 bits per heavy atom. The Labute approximate surface area is 105 Å². The summed E-state index contributed by atoms with van der Waals surface area (Å²) < 4.78 is 11.2. The van der Waals surface area contributed by atoms with Gasteiger partial charge in [-0.3, -0.25) is 0 Å². The van der Waals surface area contributed by atoms with Crippen LogP contribution in [-0.4, -0.2) is 24.2 Å². The predicted molar refractivity (Wildman–Crippen MR) is 69.4 cm³/mol. The van der Waals surface area contributed by atoms with Gasteiger partial charge in [-0.25, -0.2) is 4.98 Å². The summed E-state index contributed by atoms with van der Waals surface area (Å²) in [6.45, 7) is 1.24. The minimum atomic E-state index is 0.594. The molecule has 1 aliphatic carbocycles. The van der Waals surface area contributed by atoms with Crippen LogP contribution >= 0.6 is 0 Å². The van der Waals surface area contributed by atoms with Gasteiger partial charge < -0.3 is 14.8 Å². The van der Waals surface area contributed by atoms with Crippen molar-refractivity contribution in [2.75, 3.05) is 18.5 Å². The van der Waals surface area contributed by atoms with Crippen molar-refractivity contribution in [3.05, 3.63) is 24.4 Å². The van der Waals surface area contributed by atoms with Crippen molar-refractivity contribution < 1.29 is 9.47 Å². The Hall–Kier alpha value is -1.97. The summed E-state index contributed by atoms with van der Waals surface area (Å²) in [7, 11) is 0. The fraction of sp³-hybridized carbons (Fsp3) is 0.357. The molecule has 0 saturated heterocycles. The smallest absolute Gasteiger partial charge is 0.162 e. The molecule has 1 N–H and O–H groups in total. The molecule has 1 aromatic carbocycles. The van der Waals surface area contributed by atoms with Crippen LogP contribution in [0.15, 0.2) is 24.4 Å². The van der Waals surface area contributed by atoms with Gasteiger partial charge in [0.05, 0.1) is 0 Å². The Bertz CT molecular complexity index is 608. The van der Waals surface area contributed by atoms with Gasteiger partial charge in [-0.2, -0.15) is 0 Å². The Morgan fingerprint density at radius 3 is 2.67 bits per heavy atom. The normalized spacial score (nSPS) is 17.8. The maximum Gasteiger partial charge on any atom is 0.162 e. The monoisotopic (exact) mass is 242 g/mol. The fourth-order valence-corrected chi connectivity index (χ4v) is 2.25. The average Bonchev–Trinajstić information content (AvgIpc) is 3.21. The first-order chi connectivity index (χ1) is 8.90. The van der Waals surface area contributed by atoms with Crippen molar-refractivity contribution in [3.8, 4) is 11.5 Å². The number of pyridine rings is 1. The molecule has 0 atom stereocenters. The number of benzene rings is 1. The van der Waals surface area contributed by atoms with Crippen LogP contribution in [0.5, 0.6) is 11.5 Å². The molecule has 0 radical (unpaired) electrons. The minimum absolute atomic E-state index is 0.594. The number of rotatable bonds is 2. The molecular weight excluding hydrogens is 228 g/mol. The van der Waals surface area contributed by atoms with E-state index in [0.29, 0.717) is 19.3 Å². The van der Waals surface area contributed by atoms with Crippen LogP contribution in [0, 0.1) is 0 Å². The summed E-state index contributed by atoms with van der Waals surface area (Å²) in [4.78, 5) is 4.43. The van der Waals surface area contributed by atoms with Crippen LogP contribution in [0.3, 0.4) is 0 Å². The summed E-state index contributed by atoms with van der Waals surface area (Å²) in [6.07, 6.45) is 4.31. The fourth-order valence-electron chi connectivity index (χ4n) is 2.25. The molecular formula is C14H14N2O2. The molecule has 2 aromatic rings. The molecule has 92 valence electrons. The van der Waals surface area contributed by atoms with Gasteiger partial charge in [0.1, 0.15) is 19.0 Å². The van der Waals surface area contributed by atoms with Gasteiger partial charge in [-0.15, -0.1) is 0 Å². The molecule has 0 spiro atoms. The molecule has 1 fully saturated rings. The van der Waals surface area contributed by atoms with Crippen molar-refractivity contribution in [1.29, 1.82) is 0 Å². The van der Waals surface area contributed by atoms with E-state index in [2.05, 4.69) is 10.3 Å². The largest absolute Gasteiger partial charge is 0.486 e. The third kappa shape index (κ3) is 1.65. The molecule has 18 heavy (non-hydrogen) atoms. The number of hydrogen-bond acceptors (Lipinski definition) is 4. The number of nitrogens with zero attached hydrogens (tertiary/aromatic N) is 1. The summed E-state index contributed by atoms with van der Waals surface area (Å²) in [5.41, 5.74) is 0. The van der Waals surface area contributed by atoms with Crippen LogP contribution in [0.1, 0.15) is 12.8 Å². The lowest BCUT2D eigenvalue weighted by Crippen LogP contribution is -2.15. The molecule has 1 aromatic heterocycles. The molecule has 1 aliphatic heterocycles. The van der Waals surface area contributed by atoms with Crippen LogP contribution in [0.25, 0.3) is 10.8 Å². The van der Waals surface area contributed by atoms with E-state index in [1.54, 1.807) is 0 Å². The van der Waals surface area contributed by atoms with E-state index >= 15 is 0 Å². The molecule has 4 nitrogen and oxygen atoms in total. The summed E-state index contributed by atoms with van der Waals surface area (Å²) >= 11 is 0. The molecule has 4 heteroatoms. The standard InChI is InChI=1S/C14H14N2O2/c1-2-10(1)16-14-11-8-13-12(17-5-6-18-13)7-9(11)3-4-15-14/h3-4,7-8,10H,1-2,5-6H2,(H,15,16). The Morgan fingerprint density at radius 1 is 1.11 bits per heavy atom. The molecule has 0 amide bonds. The quantitative estimate of drug-likeness (QED) is 0.879. The highest BCUT2D eigenvalue weighted by molar-refractivity contribution is 5.94. The summed E-state index contributed by atoms with van der Waals surface area (Å²) in [5.74, 6) is 2.60. The highest BCUT2D eigenvalue weighted by atomic mass is 16.6. The number of anilines is 1. The van der Waals surface area contributed by atoms with Crippen molar-refractivity contribution in [1.82, 2.24) is 4.98 Å². The van der Waals surface area contributed by atoms with Gasteiger partial charge in [-0.1, -0.05) is 0 Å². The second-order valence-electron chi connectivity index (χ2n) is 4.80. The zero-order valence-corrected chi connectivity index (χ0v) is 9.98. The predicted octanol–water partition coefficient (Wildman–Crippen LogP) is 2.58. The topological polar surface area (TPSA) is 43.4 Å². The lowest BCUT2D eigenvalue weighted by Gasteiger charge is -2.19. The van der Waals surface area contributed by atoms with Gasteiger partial charge in [0.25, 0.3) is 0 Å². The zero-order valence-electron chi connectivity index (χ0n) is 9.98. The van der Waals surface area contributed by atoms with E-state index in [0.717, 1.165) is 28.1 Å². The Balaban J connectivity index is 1.86. The molecule has 4 rings (SSSR count). The molecule has 1 saturated carbocycles. The van der Waals surface area contributed by atoms with Crippen LogP contribution in [0.2, 0.25) is 0 Å². The van der Waals surface area contributed by atoms with Crippen LogP contribution < -0.4 is 14.8 Å². The van der Waals surface area contributed by atoms with Gasteiger partial charge in [0.15, 0.2) is 11.5 Å². The average molecular weight is 242 g/mol. The number of hydrogen-bond donors (Lipinski definition) is 1. The van der Waals surface area contributed by atoms with Crippen LogP contribution in [0.4, 0.5) is 5.82 Å². The first kappa shape index (κ1) is 10.00. The number of nitrogens with one attached hydrogen (secondary N) is 1. The zero-order chi connectivity index (χ0) is 11.9. The van der Waals surface area contributed by atoms with Gasteiger partial charge in [-0.05, 0) is 36.4 Å². The number of fused-ring (bicyclic) bond motifs is 2. The van der Waals surface area contributed by atoms with E-state index in [4.69, 9.17) is 9.47 Å². The molecule has 0 bridgehead atoms. The van der Waals surface area contributed by atoms with Crippen molar-refractivity contribution in [2.45, 2.75) is 18.9 Å². The van der Waals surface area contributed by atoms with Crippen LogP contribution in [-0.2, 0) is 0 Å². The second kappa shape index (κ2) is 3.77. The highest BCUT2D eigenvalue weighted by Crippen LogP contribution is 2.37. The maximum atomic E-state index is 5.63. The van der Waals surface area contributed by atoms with Crippen molar-refractivity contribution >= 4 is 16.6 Å². The third-order valence-electron chi connectivity index (χ3n) is 3.35. The minimum Gasteiger partial charge on any atom is -0.486 e. The lowest BCUT2D eigenvalue weighted by molar-refractivity contribution is 0.172. The highest BCUT2D eigenvalue weighted by Gasteiger charge is 2.22. The molecule has 0 unspecified atom stereocenters. The van der Waals surface area contributed by atoms with Gasteiger partial charge >= 0.3 is 0 Å². The van der Waals surface area contributed by atoms with Crippen molar-refractivity contribution in [3.63, 3.8) is 0 Å². The SMILES string of the molecule is c1cc2cc3c(cc2c(NC2CC2)n1)OCCO3. The van der Waals surface area contributed by atoms with E-state index in [1.807, 2.05) is 24.4 Å². The first-order valence-electron chi connectivity index (χ1n) is 6.35. The van der Waals surface area contributed by atoms with E-state index in [-0.39, 0.29) is 0 Å². The van der Waals surface area contributed by atoms with Crippen molar-refractivity contribution in [2.24, 2.45) is 0 Å². The maximum absolute atomic E-state index is 5.63. The summed E-state index contributed by atoms with van der Waals surface area (Å²) in [6, 6.07) is 6.66. The third-order valence-corrected chi connectivity index (χ3v) is 3.35. The summed E-state index contributed by atoms with van der Waals surface area (Å²) in [5, 5.41) is 5.70. The van der Waals surface area contributed by atoms with Gasteiger partial charge in [0, 0.05) is 17.6 Å². The first-order valence-corrected chi connectivity index (χ1v) is 6.35. The Kier molecular flexibility index (Phi) is 2.09. The number of aromatic nitrogens is 1. The lowest BCUT2D eigenvalue weighted by atomic mass is 10.1. The van der Waals surface area contributed by atoms with E-state index < -0.39 is 0 Å². The van der Waals surface area contributed by atoms with E-state index in [9.17, 15) is 0 Å². The van der Waals surface area contributed by atoms with Gasteiger partial charge in [0.2, 0.25) is 0 Å².